The molecule has 0 saturated heterocycles. The number of rotatable bonds is 56. The monoisotopic (exact) mass is 972 g/mol. The molecular formula is C58H120N2O6P+. The van der Waals surface area contributed by atoms with Crippen LogP contribution in [-0.2, 0) is 18.4 Å². The molecule has 1 amide bonds. The van der Waals surface area contributed by atoms with Crippen molar-refractivity contribution in [1.82, 2.24) is 5.32 Å². The number of nitrogens with zero attached hydrogens (tertiary/aromatic N) is 1. The van der Waals surface area contributed by atoms with E-state index in [1.54, 1.807) is 0 Å². The lowest BCUT2D eigenvalue weighted by atomic mass is 10.0. The van der Waals surface area contributed by atoms with Crippen molar-refractivity contribution in [3.63, 3.8) is 0 Å². The van der Waals surface area contributed by atoms with E-state index < -0.39 is 20.0 Å². The summed E-state index contributed by atoms with van der Waals surface area (Å²) < 4.78 is 23.7. The number of carbonyl (C=O) groups excluding carboxylic acids is 1. The van der Waals surface area contributed by atoms with Crippen LogP contribution in [0.4, 0.5) is 0 Å². The highest BCUT2D eigenvalue weighted by Crippen LogP contribution is 2.43. The summed E-state index contributed by atoms with van der Waals surface area (Å²) in [4.78, 5) is 23.2. The van der Waals surface area contributed by atoms with Crippen LogP contribution in [0.3, 0.4) is 0 Å². The Hall–Kier alpha value is -0.500. The largest absolute Gasteiger partial charge is 0.472 e. The summed E-state index contributed by atoms with van der Waals surface area (Å²) in [5.74, 6) is -0.138. The second-order valence-electron chi connectivity index (χ2n) is 22.1. The van der Waals surface area contributed by atoms with Crippen molar-refractivity contribution in [2.24, 2.45) is 0 Å². The summed E-state index contributed by atoms with van der Waals surface area (Å²) >= 11 is 0. The molecule has 0 radical (unpaired) electrons. The van der Waals surface area contributed by atoms with Crippen LogP contribution in [0.15, 0.2) is 0 Å². The first kappa shape index (κ1) is 66.5. The van der Waals surface area contributed by atoms with Crippen molar-refractivity contribution in [2.45, 2.75) is 328 Å². The van der Waals surface area contributed by atoms with Gasteiger partial charge >= 0.3 is 7.82 Å². The molecule has 0 aromatic rings. The van der Waals surface area contributed by atoms with Crippen LogP contribution in [0.5, 0.6) is 0 Å². The summed E-state index contributed by atoms with van der Waals surface area (Å²) in [7, 11) is 1.63. The van der Waals surface area contributed by atoms with Gasteiger partial charge in [0.05, 0.1) is 39.9 Å². The molecule has 402 valence electrons. The standard InChI is InChI=1S/C58H119N2O6P/c1-6-8-10-12-14-16-18-19-20-21-22-23-24-25-26-27-28-29-30-31-32-33-34-35-36-37-38-39-40-41-42-44-46-48-50-52-58(62)59-56(55-66-67(63,64)65-54-53-60(3,4)5)57(61)51-49-47-45-43-17-15-13-11-9-7-2/h56-57,61H,6-55H2,1-5H3,(H-,59,62,63,64)/p+1. The minimum atomic E-state index is -4.31. The summed E-state index contributed by atoms with van der Waals surface area (Å²) in [6, 6.07) is -0.753. The Labute approximate surface area is 419 Å². The number of nitrogens with one attached hydrogen (secondary N) is 1. The second kappa shape index (κ2) is 50.4. The fraction of sp³-hybridized carbons (Fsp3) is 0.983. The van der Waals surface area contributed by atoms with Crippen LogP contribution >= 0.6 is 7.82 Å². The van der Waals surface area contributed by atoms with E-state index in [0.717, 1.165) is 38.5 Å². The predicted molar refractivity (Wildman–Crippen MR) is 291 cm³/mol. The highest BCUT2D eigenvalue weighted by Gasteiger charge is 2.28. The molecule has 0 aromatic carbocycles. The molecule has 3 unspecified atom stereocenters. The van der Waals surface area contributed by atoms with E-state index in [2.05, 4.69) is 19.2 Å². The van der Waals surface area contributed by atoms with Crippen LogP contribution in [0.2, 0.25) is 0 Å². The Morgan fingerprint density at radius 1 is 0.448 bits per heavy atom. The lowest BCUT2D eigenvalue weighted by molar-refractivity contribution is -0.870. The van der Waals surface area contributed by atoms with E-state index in [4.69, 9.17) is 9.05 Å². The maximum Gasteiger partial charge on any atom is 0.472 e. The van der Waals surface area contributed by atoms with Crippen LogP contribution in [-0.4, -0.2) is 73.4 Å². The van der Waals surface area contributed by atoms with Crippen LogP contribution < -0.4 is 5.32 Å². The van der Waals surface area contributed by atoms with Gasteiger partial charge in [0.1, 0.15) is 13.2 Å². The minimum absolute atomic E-state index is 0.0786. The van der Waals surface area contributed by atoms with Crippen molar-refractivity contribution in [3.8, 4) is 0 Å². The molecule has 0 aliphatic rings. The molecule has 0 bridgehead atoms. The fourth-order valence-corrected chi connectivity index (χ4v) is 10.1. The van der Waals surface area contributed by atoms with Crippen molar-refractivity contribution in [1.29, 1.82) is 0 Å². The molecule has 0 aliphatic carbocycles. The van der Waals surface area contributed by atoms with Crippen molar-refractivity contribution < 1.29 is 32.9 Å². The third kappa shape index (κ3) is 53.1. The van der Waals surface area contributed by atoms with E-state index in [9.17, 15) is 19.4 Å². The first-order chi connectivity index (χ1) is 32.5. The Morgan fingerprint density at radius 3 is 1.00 bits per heavy atom. The number of aliphatic hydroxyl groups excluding tert-OH is 1. The van der Waals surface area contributed by atoms with Gasteiger partial charge in [0.2, 0.25) is 5.91 Å². The Balaban J connectivity index is 3.81. The van der Waals surface area contributed by atoms with Gasteiger partial charge in [0.25, 0.3) is 0 Å². The van der Waals surface area contributed by atoms with Gasteiger partial charge in [-0.05, 0) is 12.8 Å². The maximum absolute atomic E-state index is 12.9. The molecule has 0 saturated carbocycles. The normalized spacial score (nSPS) is 13.8. The number of carbonyl (C=O) groups is 1. The number of phosphoric ester groups is 1. The summed E-state index contributed by atoms with van der Waals surface area (Å²) in [5.41, 5.74) is 0. The summed E-state index contributed by atoms with van der Waals surface area (Å²) in [5, 5.41) is 14.0. The van der Waals surface area contributed by atoms with Gasteiger partial charge in [-0.25, -0.2) is 4.57 Å². The molecule has 0 aliphatic heterocycles. The number of unbranched alkanes of at least 4 members (excludes halogenated alkanes) is 43. The number of aliphatic hydroxyl groups is 1. The molecule has 3 N–H and O–H groups in total. The lowest BCUT2D eigenvalue weighted by Gasteiger charge is -2.26. The zero-order valence-corrected chi connectivity index (χ0v) is 46.8. The third-order valence-electron chi connectivity index (χ3n) is 14.1. The molecule has 0 aromatic heterocycles. The zero-order chi connectivity index (χ0) is 49.2. The Morgan fingerprint density at radius 2 is 0.716 bits per heavy atom. The van der Waals surface area contributed by atoms with E-state index in [0.29, 0.717) is 23.9 Å². The molecule has 0 spiro atoms. The number of amides is 1. The zero-order valence-electron chi connectivity index (χ0n) is 45.9. The summed E-state index contributed by atoms with van der Waals surface area (Å²) in [6.07, 6.45) is 60.6. The molecule has 0 rings (SSSR count). The molecule has 0 heterocycles. The highest BCUT2D eigenvalue weighted by atomic mass is 31.2. The van der Waals surface area contributed by atoms with E-state index >= 15 is 0 Å². The quantitative estimate of drug-likeness (QED) is 0.0319. The lowest BCUT2D eigenvalue weighted by Crippen LogP contribution is -2.46. The van der Waals surface area contributed by atoms with Gasteiger partial charge in [0.15, 0.2) is 0 Å². The number of hydrogen-bond acceptors (Lipinski definition) is 5. The number of phosphoric acid groups is 1. The minimum Gasteiger partial charge on any atom is -0.391 e. The van der Waals surface area contributed by atoms with E-state index in [1.807, 2.05) is 21.1 Å². The van der Waals surface area contributed by atoms with E-state index in [-0.39, 0.29) is 19.1 Å². The molecular weight excluding hydrogens is 852 g/mol. The summed E-state index contributed by atoms with van der Waals surface area (Å²) in [6.45, 7) is 4.91. The first-order valence-corrected chi connectivity index (χ1v) is 31.4. The topological polar surface area (TPSA) is 105 Å². The van der Waals surface area contributed by atoms with Crippen molar-refractivity contribution in [2.75, 3.05) is 40.9 Å². The molecule has 67 heavy (non-hydrogen) atoms. The smallest absolute Gasteiger partial charge is 0.391 e. The van der Waals surface area contributed by atoms with Gasteiger partial charge in [0, 0.05) is 6.42 Å². The number of quaternary nitrogens is 1. The highest BCUT2D eigenvalue weighted by molar-refractivity contribution is 7.47. The van der Waals surface area contributed by atoms with Crippen molar-refractivity contribution in [3.05, 3.63) is 0 Å². The third-order valence-corrected chi connectivity index (χ3v) is 15.1. The molecule has 0 fully saturated rings. The molecule has 3 atom stereocenters. The number of hydrogen-bond donors (Lipinski definition) is 3. The Bertz CT molecular complexity index is 1060. The van der Waals surface area contributed by atoms with Crippen molar-refractivity contribution >= 4 is 13.7 Å². The van der Waals surface area contributed by atoms with Crippen LogP contribution in [0.25, 0.3) is 0 Å². The second-order valence-corrected chi connectivity index (χ2v) is 23.5. The average molecular weight is 973 g/mol. The molecule has 8 nitrogen and oxygen atoms in total. The predicted octanol–water partition coefficient (Wildman–Crippen LogP) is 18.0. The SMILES string of the molecule is CCCCCCCCCCCCCCCCCCCCCCCCCCCCCCCCCCCCCC(=O)NC(COP(=O)(O)OCC[N+](C)(C)C)C(O)CCCCCCCCCCCC. The first-order valence-electron chi connectivity index (χ1n) is 29.9. The van der Waals surface area contributed by atoms with Crippen LogP contribution in [0, 0.1) is 0 Å². The van der Waals surface area contributed by atoms with Gasteiger partial charge in [-0.1, -0.05) is 296 Å². The van der Waals surface area contributed by atoms with Gasteiger partial charge < -0.3 is 19.8 Å². The number of likely N-dealkylation sites (N-methyl/N-ethyl adjacent to an activating group) is 1. The van der Waals surface area contributed by atoms with Gasteiger partial charge in [-0.15, -0.1) is 0 Å². The van der Waals surface area contributed by atoms with E-state index in [1.165, 1.54) is 250 Å². The Kier molecular flexibility index (Phi) is 50.1. The molecule has 9 heteroatoms. The van der Waals surface area contributed by atoms with Gasteiger partial charge in [-0.3, -0.25) is 13.8 Å². The van der Waals surface area contributed by atoms with Crippen LogP contribution in [0.1, 0.15) is 316 Å². The fourth-order valence-electron chi connectivity index (χ4n) is 9.40. The average Bonchev–Trinajstić information content (AvgIpc) is 3.29. The maximum atomic E-state index is 12.9. The van der Waals surface area contributed by atoms with Gasteiger partial charge in [-0.2, -0.15) is 0 Å².